The quantitative estimate of drug-likeness (QED) is 0.750. The standard InChI is InChI=1S/C11H17F2NOS/c1-8-9(4-6-16-8)10(14-2)3-5-15-7-11(12)13/h4,6,10-11,14H,3,5,7H2,1-2H3. The van der Waals surface area contributed by atoms with Crippen LogP contribution in [0.5, 0.6) is 0 Å². The second-order valence-corrected chi connectivity index (χ2v) is 4.65. The topological polar surface area (TPSA) is 21.3 Å². The molecule has 1 aromatic heterocycles. The summed E-state index contributed by atoms with van der Waals surface area (Å²) in [5, 5.41) is 5.21. The fourth-order valence-electron chi connectivity index (χ4n) is 1.59. The van der Waals surface area contributed by atoms with Gasteiger partial charge < -0.3 is 10.1 Å². The molecule has 0 aromatic carbocycles. The Morgan fingerprint density at radius 2 is 2.25 bits per heavy atom. The van der Waals surface area contributed by atoms with Crippen molar-refractivity contribution in [3.05, 3.63) is 21.9 Å². The van der Waals surface area contributed by atoms with Crippen LogP contribution in [0.1, 0.15) is 22.9 Å². The molecule has 0 aliphatic rings. The van der Waals surface area contributed by atoms with Crippen LogP contribution in [-0.4, -0.2) is 26.7 Å². The number of halogens is 2. The highest BCUT2D eigenvalue weighted by Gasteiger charge is 2.12. The summed E-state index contributed by atoms with van der Waals surface area (Å²) in [5.41, 5.74) is 1.23. The van der Waals surface area contributed by atoms with Crippen LogP contribution in [0.3, 0.4) is 0 Å². The molecule has 0 radical (unpaired) electrons. The van der Waals surface area contributed by atoms with E-state index in [1.165, 1.54) is 10.4 Å². The van der Waals surface area contributed by atoms with Crippen molar-refractivity contribution in [1.29, 1.82) is 0 Å². The average Bonchev–Trinajstić information content (AvgIpc) is 2.65. The second-order valence-electron chi connectivity index (χ2n) is 3.53. The highest BCUT2D eigenvalue weighted by Crippen LogP contribution is 2.24. The molecule has 0 bridgehead atoms. The minimum absolute atomic E-state index is 0.184. The molecule has 1 N–H and O–H groups in total. The number of alkyl halides is 2. The molecule has 0 amide bonds. The molecular formula is C11H17F2NOS. The lowest BCUT2D eigenvalue weighted by Gasteiger charge is -2.16. The zero-order chi connectivity index (χ0) is 12.0. The predicted molar refractivity (Wildman–Crippen MR) is 62.3 cm³/mol. The largest absolute Gasteiger partial charge is 0.375 e. The molecule has 2 nitrogen and oxygen atoms in total. The summed E-state index contributed by atoms with van der Waals surface area (Å²) in [6.07, 6.45) is -1.67. The van der Waals surface area contributed by atoms with E-state index in [4.69, 9.17) is 4.74 Å². The molecule has 1 unspecified atom stereocenters. The van der Waals surface area contributed by atoms with Gasteiger partial charge in [0.1, 0.15) is 6.61 Å². The minimum atomic E-state index is -2.38. The summed E-state index contributed by atoms with van der Waals surface area (Å²) in [5.74, 6) is 0. The van der Waals surface area contributed by atoms with E-state index < -0.39 is 13.0 Å². The summed E-state index contributed by atoms with van der Waals surface area (Å²) >= 11 is 1.69. The van der Waals surface area contributed by atoms with Crippen molar-refractivity contribution >= 4 is 11.3 Å². The number of thiophene rings is 1. The van der Waals surface area contributed by atoms with Gasteiger partial charge in [0.2, 0.25) is 0 Å². The monoisotopic (exact) mass is 249 g/mol. The molecule has 0 saturated heterocycles. The number of ether oxygens (including phenoxy) is 1. The number of aryl methyl sites for hydroxylation is 1. The molecule has 0 spiro atoms. The van der Waals surface area contributed by atoms with E-state index >= 15 is 0 Å². The van der Waals surface area contributed by atoms with Gasteiger partial charge in [-0.15, -0.1) is 11.3 Å². The van der Waals surface area contributed by atoms with Gasteiger partial charge in [0.05, 0.1) is 0 Å². The lowest BCUT2D eigenvalue weighted by molar-refractivity contribution is 0.0145. The molecule has 1 aromatic rings. The van der Waals surface area contributed by atoms with Crippen LogP contribution in [0.25, 0.3) is 0 Å². The van der Waals surface area contributed by atoms with E-state index in [2.05, 4.69) is 18.3 Å². The SMILES string of the molecule is CNC(CCOCC(F)F)c1ccsc1C. The molecule has 1 heterocycles. The molecule has 0 aliphatic heterocycles. The van der Waals surface area contributed by atoms with Crippen LogP contribution in [0.2, 0.25) is 0 Å². The maximum absolute atomic E-state index is 11.8. The molecular weight excluding hydrogens is 232 g/mol. The lowest BCUT2D eigenvalue weighted by Crippen LogP contribution is -2.19. The van der Waals surface area contributed by atoms with E-state index in [1.54, 1.807) is 11.3 Å². The fourth-order valence-corrected chi connectivity index (χ4v) is 2.35. The highest BCUT2D eigenvalue weighted by atomic mass is 32.1. The van der Waals surface area contributed by atoms with Gasteiger partial charge in [-0.25, -0.2) is 8.78 Å². The number of hydrogen-bond acceptors (Lipinski definition) is 3. The van der Waals surface area contributed by atoms with Crippen molar-refractivity contribution in [3.63, 3.8) is 0 Å². The summed E-state index contributed by atoms with van der Waals surface area (Å²) in [4.78, 5) is 1.26. The summed E-state index contributed by atoms with van der Waals surface area (Å²) in [6, 6.07) is 2.25. The van der Waals surface area contributed by atoms with Crippen molar-refractivity contribution in [2.24, 2.45) is 0 Å². The normalized spacial score (nSPS) is 13.3. The highest BCUT2D eigenvalue weighted by molar-refractivity contribution is 7.10. The third-order valence-corrected chi connectivity index (χ3v) is 3.28. The van der Waals surface area contributed by atoms with Gasteiger partial charge in [-0.2, -0.15) is 0 Å². The Balaban J connectivity index is 2.36. The Hall–Kier alpha value is -0.520. The second kappa shape index (κ2) is 6.93. The Morgan fingerprint density at radius 3 is 2.75 bits per heavy atom. The smallest absolute Gasteiger partial charge is 0.261 e. The van der Waals surface area contributed by atoms with Gasteiger partial charge in [-0.3, -0.25) is 0 Å². The summed E-state index contributed by atoms with van der Waals surface area (Å²) < 4.78 is 28.6. The van der Waals surface area contributed by atoms with Gasteiger partial charge >= 0.3 is 0 Å². The fraction of sp³-hybridized carbons (Fsp3) is 0.636. The van der Waals surface area contributed by atoms with E-state index in [-0.39, 0.29) is 6.04 Å². The van der Waals surface area contributed by atoms with Crippen LogP contribution in [0.15, 0.2) is 11.4 Å². The van der Waals surface area contributed by atoms with Crippen LogP contribution in [0, 0.1) is 6.92 Å². The van der Waals surface area contributed by atoms with E-state index in [0.29, 0.717) is 13.0 Å². The van der Waals surface area contributed by atoms with Crippen molar-refractivity contribution in [3.8, 4) is 0 Å². The third-order valence-electron chi connectivity index (χ3n) is 2.42. The summed E-state index contributed by atoms with van der Waals surface area (Å²) in [7, 11) is 1.87. The Labute approximate surface area is 98.6 Å². The van der Waals surface area contributed by atoms with Crippen molar-refractivity contribution in [2.45, 2.75) is 25.8 Å². The first-order valence-electron chi connectivity index (χ1n) is 5.22. The average molecular weight is 249 g/mol. The third kappa shape index (κ3) is 4.15. The number of hydrogen-bond donors (Lipinski definition) is 1. The van der Waals surface area contributed by atoms with Crippen LogP contribution < -0.4 is 5.32 Å². The molecule has 0 fully saturated rings. The molecule has 1 atom stereocenters. The molecule has 16 heavy (non-hydrogen) atoms. The number of nitrogens with one attached hydrogen (secondary N) is 1. The van der Waals surface area contributed by atoms with Gasteiger partial charge in [-0.05, 0) is 37.4 Å². The first-order chi connectivity index (χ1) is 7.65. The zero-order valence-electron chi connectivity index (χ0n) is 9.50. The van der Waals surface area contributed by atoms with Crippen molar-refractivity contribution in [1.82, 2.24) is 5.32 Å². The van der Waals surface area contributed by atoms with Gasteiger partial charge in [0, 0.05) is 17.5 Å². The maximum atomic E-state index is 11.8. The molecule has 0 saturated carbocycles. The molecule has 0 aliphatic carbocycles. The Bertz CT molecular complexity index is 304. The van der Waals surface area contributed by atoms with Crippen LogP contribution >= 0.6 is 11.3 Å². The summed E-state index contributed by atoms with van der Waals surface area (Å²) in [6.45, 7) is 1.94. The van der Waals surface area contributed by atoms with Crippen molar-refractivity contribution < 1.29 is 13.5 Å². The lowest BCUT2D eigenvalue weighted by atomic mass is 10.1. The van der Waals surface area contributed by atoms with Gasteiger partial charge in [-0.1, -0.05) is 0 Å². The molecule has 92 valence electrons. The van der Waals surface area contributed by atoms with Crippen molar-refractivity contribution in [2.75, 3.05) is 20.3 Å². The zero-order valence-corrected chi connectivity index (χ0v) is 10.3. The minimum Gasteiger partial charge on any atom is -0.375 e. The molecule has 5 heteroatoms. The van der Waals surface area contributed by atoms with Crippen LogP contribution in [0.4, 0.5) is 8.78 Å². The van der Waals surface area contributed by atoms with Crippen LogP contribution in [-0.2, 0) is 4.74 Å². The first-order valence-corrected chi connectivity index (χ1v) is 6.10. The van der Waals surface area contributed by atoms with E-state index in [9.17, 15) is 8.78 Å². The van der Waals surface area contributed by atoms with Gasteiger partial charge in [0.15, 0.2) is 0 Å². The first kappa shape index (κ1) is 13.5. The predicted octanol–water partition coefficient (Wildman–Crippen LogP) is 2.99. The number of rotatable bonds is 7. The Morgan fingerprint density at radius 1 is 1.50 bits per heavy atom. The molecule has 1 rings (SSSR count). The Kier molecular flexibility index (Phi) is 5.87. The maximum Gasteiger partial charge on any atom is 0.261 e. The van der Waals surface area contributed by atoms with E-state index in [1.807, 2.05) is 12.4 Å². The van der Waals surface area contributed by atoms with E-state index in [0.717, 1.165) is 0 Å². The van der Waals surface area contributed by atoms with Gasteiger partial charge in [0.25, 0.3) is 6.43 Å².